The molecular formula is C15H16Cl2N2O. The number of ether oxygens (including phenoxy) is 1. The van der Waals surface area contributed by atoms with E-state index < -0.39 is 0 Å². The number of hydrogen-bond acceptors (Lipinski definition) is 3. The topological polar surface area (TPSA) is 34.2 Å². The molecule has 0 aliphatic rings. The lowest BCUT2D eigenvalue weighted by Gasteiger charge is -2.09. The second kappa shape index (κ2) is 7.48. The van der Waals surface area contributed by atoms with E-state index in [0.29, 0.717) is 29.1 Å². The van der Waals surface area contributed by atoms with Gasteiger partial charge in [0.05, 0.1) is 10.7 Å². The van der Waals surface area contributed by atoms with Gasteiger partial charge in [-0.05, 0) is 30.3 Å². The normalized spacial score (nSPS) is 10.6. The molecule has 1 aromatic carbocycles. The monoisotopic (exact) mass is 310 g/mol. The minimum Gasteiger partial charge on any atom is -0.473 e. The lowest BCUT2D eigenvalue weighted by atomic mass is 10.2. The summed E-state index contributed by atoms with van der Waals surface area (Å²) in [5.74, 6) is 0.567. The molecule has 0 aliphatic heterocycles. The molecule has 3 nitrogen and oxygen atoms in total. The third-order valence-corrected chi connectivity index (χ3v) is 3.33. The molecule has 20 heavy (non-hydrogen) atoms. The Morgan fingerprint density at radius 3 is 2.55 bits per heavy atom. The molecule has 106 valence electrons. The van der Waals surface area contributed by atoms with Crippen LogP contribution in [0.4, 0.5) is 0 Å². The van der Waals surface area contributed by atoms with Crippen LogP contribution >= 0.6 is 23.2 Å². The van der Waals surface area contributed by atoms with Gasteiger partial charge in [0.15, 0.2) is 0 Å². The average molecular weight is 311 g/mol. The van der Waals surface area contributed by atoms with Gasteiger partial charge in [-0.3, -0.25) is 0 Å². The van der Waals surface area contributed by atoms with E-state index in [1.807, 2.05) is 31.2 Å². The van der Waals surface area contributed by atoms with Gasteiger partial charge in [-0.2, -0.15) is 0 Å². The predicted molar refractivity (Wildman–Crippen MR) is 82.4 cm³/mol. The van der Waals surface area contributed by atoms with Crippen molar-refractivity contribution in [2.45, 2.75) is 20.1 Å². The Morgan fingerprint density at radius 1 is 1.10 bits per heavy atom. The number of hydrogen-bond donors (Lipinski definition) is 1. The quantitative estimate of drug-likeness (QED) is 0.873. The van der Waals surface area contributed by atoms with Crippen LogP contribution in [0, 0.1) is 0 Å². The zero-order valence-corrected chi connectivity index (χ0v) is 12.7. The van der Waals surface area contributed by atoms with Crippen molar-refractivity contribution < 1.29 is 4.74 Å². The van der Waals surface area contributed by atoms with Crippen LogP contribution in [-0.2, 0) is 13.2 Å². The van der Waals surface area contributed by atoms with Gasteiger partial charge in [0, 0.05) is 17.6 Å². The molecular weight excluding hydrogens is 295 g/mol. The SMILES string of the molecule is CCNCc1nc(OCc2ccc(Cl)cc2)ccc1Cl. The zero-order valence-electron chi connectivity index (χ0n) is 11.2. The number of rotatable bonds is 6. The van der Waals surface area contributed by atoms with Crippen molar-refractivity contribution in [2.75, 3.05) is 6.54 Å². The molecule has 0 amide bonds. The molecule has 0 bridgehead atoms. The van der Waals surface area contributed by atoms with Crippen LogP contribution in [0.2, 0.25) is 10.0 Å². The van der Waals surface area contributed by atoms with Crippen molar-refractivity contribution in [1.82, 2.24) is 10.3 Å². The summed E-state index contributed by atoms with van der Waals surface area (Å²) in [6, 6.07) is 11.1. The lowest BCUT2D eigenvalue weighted by Crippen LogP contribution is -2.13. The van der Waals surface area contributed by atoms with Gasteiger partial charge in [0.25, 0.3) is 0 Å². The minimum absolute atomic E-state index is 0.451. The summed E-state index contributed by atoms with van der Waals surface area (Å²) in [6.45, 7) is 3.99. The van der Waals surface area contributed by atoms with Gasteiger partial charge in [-0.1, -0.05) is 42.3 Å². The van der Waals surface area contributed by atoms with Crippen LogP contribution in [0.1, 0.15) is 18.2 Å². The van der Waals surface area contributed by atoms with Gasteiger partial charge in [0.2, 0.25) is 5.88 Å². The van der Waals surface area contributed by atoms with E-state index in [2.05, 4.69) is 10.3 Å². The number of aromatic nitrogens is 1. The van der Waals surface area contributed by atoms with Crippen molar-refractivity contribution >= 4 is 23.2 Å². The molecule has 0 aliphatic carbocycles. The Balaban J connectivity index is 2.00. The summed E-state index contributed by atoms with van der Waals surface area (Å²) in [5.41, 5.74) is 1.83. The van der Waals surface area contributed by atoms with Crippen LogP contribution in [0.25, 0.3) is 0 Å². The zero-order chi connectivity index (χ0) is 14.4. The van der Waals surface area contributed by atoms with Crippen LogP contribution in [0.5, 0.6) is 5.88 Å². The van der Waals surface area contributed by atoms with E-state index in [4.69, 9.17) is 27.9 Å². The molecule has 0 spiro atoms. The Labute approximate surface area is 128 Å². The summed E-state index contributed by atoms with van der Waals surface area (Å²) >= 11 is 11.9. The molecule has 1 heterocycles. The van der Waals surface area contributed by atoms with Gasteiger partial charge in [-0.25, -0.2) is 4.98 Å². The smallest absolute Gasteiger partial charge is 0.213 e. The van der Waals surface area contributed by atoms with Crippen molar-refractivity contribution in [3.63, 3.8) is 0 Å². The molecule has 1 aromatic heterocycles. The van der Waals surface area contributed by atoms with Gasteiger partial charge in [0.1, 0.15) is 6.61 Å². The van der Waals surface area contributed by atoms with Gasteiger partial charge < -0.3 is 10.1 Å². The number of pyridine rings is 1. The van der Waals surface area contributed by atoms with E-state index in [9.17, 15) is 0 Å². The third kappa shape index (κ3) is 4.37. The maximum absolute atomic E-state index is 6.09. The number of halogens is 2. The molecule has 0 unspecified atom stereocenters. The summed E-state index contributed by atoms with van der Waals surface area (Å²) in [5, 5.41) is 4.55. The fourth-order valence-electron chi connectivity index (χ4n) is 1.65. The molecule has 5 heteroatoms. The first-order valence-corrected chi connectivity index (χ1v) is 7.18. The molecule has 0 radical (unpaired) electrons. The van der Waals surface area contributed by atoms with E-state index in [-0.39, 0.29) is 0 Å². The highest BCUT2D eigenvalue weighted by Crippen LogP contribution is 2.19. The standard InChI is InChI=1S/C15H16Cl2N2O/c1-2-18-9-14-13(17)7-8-15(19-14)20-10-11-3-5-12(16)6-4-11/h3-8,18H,2,9-10H2,1H3. The van der Waals surface area contributed by atoms with Crippen LogP contribution in [0.15, 0.2) is 36.4 Å². The predicted octanol–water partition coefficient (Wildman–Crippen LogP) is 4.08. The number of nitrogens with one attached hydrogen (secondary N) is 1. The van der Waals surface area contributed by atoms with Gasteiger partial charge in [-0.15, -0.1) is 0 Å². The largest absolute Gasteiger partial charge is 0.473 e. The van der Waals surface area contributed by atoms with Crippen molar-refractivity contribution in [2.24, 2.45) is 0 Å². The second-order valence-corrected chi connectivity index (χ2v) is 5.12. The molecule has 0 fully saturated rings. The first-order valence-electron chi connectivity index (χ1n) is 6.42. The Hall–Kier alpha value is -1.29. The minimum atomic E-state index is 0.451. The first-order chi connectivity index (χ1) is 9.69. The van der Waals surface area contributed by atoms with Crippen molar-refractivity contribution in [1.29, 1.82) is 0 Å². The van der Waals surface area contributed by atoms with Crippen LogP contribution < -0.4 is 10.1 Å². The van der Waals surface area contributed by atoms with Crippen LogP contribution in [-0.4, -0.2) is 11.5 Å². The highest BCUT2D eigenvalue weighted by molar-refractivity contribution is 6.31. The van der Waals surface area contributed by atoms with E-state index >= 15 is 0 Å². The number of nitrogens with zero attached hydrogens (tertiary/aromatic N) is 1. The maximum Gasteiger partial charge on any atom is 0.213 e. The molecule has 1 N–H and O–H groups in total. The van der Waals surface area contributed by atoms with Gasteiger partial charge >= 0.3 is 0 Å². The summed E-state index contributed by atoms with van der Waals surface area (Å²) < 4.78 is 5.67. The molecule has 0 saturated heterocycles. The van der Waals surface area contributed by atoms with Crippen molar-refractivity contribution in [3.8, 4) is 5.88 Å². The summed E-state index contributed by atoms with van der Waals surface area (Å²) in [7, 11) is 0. The fraction of sp³-hybridized carbons (Fsp3) is 0.267. The van der Waals surface area contributed by atoms with E-state index in [1.54, 1.807) is 12.1 Å². The highest BCUT2D eigenvalue weighted by Gasteiger charge is 2.05. The Bertz CT molecular complexity index is 558. The van der Waals surface area contributed by atoms with E-state index in [0.717, 1.165) is 17.8 Å². The first kappa shape index (κ1) is 15.1. The average Bonchev–Trinajstić information content (AvgIpc) is 2.46. The lowest BCUT2D eigenvalue weighted by molar-refractivity contribution is 0.293. The molecule has 0 atom stereocenters. The molecule has 2 aromatic rings. The summed E-state index contributed by atoms with van der Waals surface area (Å²) in [4.78, 5) is 4.40. The third-order valence-electron chi connectivity index (χ3n) is 2.74. The Morgan fingerprint density at radius 2 is 1.85 bits per heavy atom. The van der Waals surface area contributed by atoms with Crippen molar-refractivity contribution in [3.05, 3.63) is 57.7 Å². The Kier molecular flexibility index (Phi) is 5.65. The van der Waals surface area contributed by atoms with E-state index in [1.165, 1.54) is 0 Å². The second-order valence-electron chi connectivity index (χ2n) is 4.27. The molecule has 2 rings (SSSR count). The highest BCUT2D eigenvalue weighted by atomic mass is 35.5. The fourth-order valence-corrected chi connectivity index (χ4v) is 1.95. The maximum atomic E-state index is 6.09. The summed E-state index contributed by atoms with van der Waals surface area (Å²) in [6.07, 6.45) is 0. The molecule has 0 saturated carbocycles. The number of benzene rings is 1. The van der Waals surface area contributed by atoms with Crippen LogP contribution in [0.3, 0.4) is 0 Å².